The molecule has 1 aromatic heterocycles. The van der Waals surface area contributed by atoms with Crippen LogP contribution in [0, 0.1) is 6.92 Å². The van der Waals surface area contributed by atoms with Crippen molar-refractivity contribution in [3.8, 4) is 11.5 Å². The molecule has 7 heteroatoms. The summed E-state index contributed by atoms with van der Waals surface area (Å²) in [7, 11) is 0. The van der Waals surface area contributed by atoms with E-state index in [0.29, 0.717) is 22.6 Å². The lowest BCUT2D eigenvalue weighted by molar-refractivity contribution is 0.0677. The first-order chi connectivity index (χ1) is 11.5. The standard InChI is InChI=1S/C17H18N2O4S/c1-9-6-15(24-3)12(17(21)19-9)8-18-16(20)11-4-5-13-14(7-11)23-10(2)22-13/h4-7,10H,8H2,1-3H3,(H,18,20)(H,19,21). The molecule has 0 aliphatic carbocycles. The molecule has 1 atom stereocenters. The van der Waals surface area contributed by atoms with Gasteiger partial charge in [-0.15, -0.1) is 11.8 Å². The first-order valence-corrected chi connectivity index (χ1v) is 8.72. The topological polar surface area (TPSA) is 80.4 Å². The van der Waals surface area contributed by atoms with Gasteiger partial charge >= 0.3 is 0 Å². The number of pyridine rings is 1. The number of aromatic amines is 1. The minimum absolute atomic E-state index is 0.162. The summed E-state index contributed by atoms with van der Waals surface area (Å²) in [5.74, 6) is 0.903. The highest BCUT2D eigenvalue weighted by atomic mass is 32.2. The van der Waals surface area contributed by atoms with Crippen molar-refractivity contribution in [3.05, 3.63) is 51.4 Å². The first-order valence-electron chi connectivity index (χ1n) is 7.50. The van der Waals surface area contributed by atoms with Gasteiger partial charge in [0.05, 0.1) is 0 Å². The number of amides is 1. The maximum Gasteiger partial charge on any atom is 0.254 e. The zero-order valence-electron chi connectivity index (χ0n) is 13.6. The van der Waals surface area contributed by atoms with Gasteiger partial charge in [0, 0.05) is 35.2 Å². The number of thioether (sulfide) groups is 1. The Morgan fingerprint density at radius 2 is 2.04 bits per heavy atom. The highest BCUT2D eigenvalue weighted by Crippen LogP contribution is 2.35. The number of aryl methyl sites for hydroxylation is 1. The van der Waals surface area contributed by atoms with Crippen molar-refractivity contribution in [1.29, 1.82) is 0 Å². The van der Waals surface area contributed by atoms with E-state index in [1.54, 1.807) is 25.1 Å². The van der Waals surface area contributed by atoms with Gasteiger partial charge in [0.1, 0.15) is 0 Å². The quantitative estimate of drug-likeness (QED) is 0.831. The van der Waals surface area contributed by atoms with Crippen LogP contribution in [-0.2, 0) is 6.54 Å². The molecule has 0 spiro atoms. The second-order valence-corrected chi connectivity index (χ2v) is 6.32. The Morgan fingerprint density at radius 3 is 2.79 bits per heavy atom. The zero-order valence-corrected chi connectivity index (χ0v) is 14.5. The van der Waals surface area contributed by atoms with E-state index in [1.807, 2.05) is 19.2 Å². The van der Waals surface area contributed by atoms with Crippen LogP contribution < -0.4 is 20.3 Å². The fraction of sp³-hybridized carbons (Fsp3) is 0.294. The van der Waals surface area contributed by atoms with Crippen LogP contribution in [0.25, 0.3) is 0 Å². The summed E-state index contributed by atoms with van der Waals surface area (Å²) in [6.45, 7) is 3.78. The molecule has 24 heavy (non-hydrogen) atoms. The van der Waals surface area contributed by atoms with Gasteiger partial charge in [0.2, 0.25) is 6.29 Å². The number of hydrogen-bond donors (Lipinski definition) is 2. The van der Waals surface area contributed by atoms with Crippen LogP contribution in [0.1, 0.15) is 28.5 Å². The molecule has 1 aliphatic heterocycles. The van der Waals surface area contributed by atoms with Gasteiger partial charge in [0.25, 0.3) is 11.5 Å². The summed E-state index contributed by atoms with van der Waals surface area (Å²) in [5.41, 5.74) is 1.62. The minimum Gasteiger partial charge on any atom is -0.451 e. The predicted molar refractivity (Wildman–Crippen MR) is 91.9 cm³/mol. The second-order valence-electron chi connectivity index (χ2n) is 5.48. The number of H-pyrrole nitrogens is 1. The van der Waals surface area contributed by atoms with Gasteiger partial charge in [0.15, 0.2) is 11.5 Å². The average molecular weight is 346 g/mol. The van der Waals surface area contributed by atoms with Crippen molar-refractivity contribution in [2.24, 2.45) is 0 Å². The van der Waals surface area contributed by atoms with Gasteiger partial charge in [-0.2, -0.15) is 0 Å². The number of carbonyl (C=O) groups is 1. The molecule has 0 radical (unpaired) electrons. The number of hydrogen-bond acceptors (Lipinski definition) is 5. The maximum atomic E-state index is 12.4. The molecular weight excluding hydrogens is 328 g/mol. The molecule has 1 unspecified atom stereocenters. The van der Waals surface area contributed by atoms with Gasteiger partial charge in [-0.05, 0) is 37.4 Å². The summed E-state index contributed by atoms with van der Waals surface area (Å²) in [4.78, 5) is 28.1. The minimum atomic E-state index is -0.353. The molecule has 6 nitrogen and oxygen atoms in total. The summed E-state index contributed by atoms with van der Waals surface area (Å²) in [5, 5.41) is 2.78. The third-order valence-electron chi connectivity index (χ3n) is 3.67. The third kappa shape index (κ3) is 3.26. The molecule has 2 N–H and O–H groups in total. The highest BCUT2D eigenvalue weighted by molar-refractivity contribution is 7.98. The Labute approximate surface area is 143 Å². The molecule has 1 amide bonds. The van der Waals surface area contributed by atoms with Gasteiger partial charge in [-0.25, -0.2) is 0 Å². The lowest BCUT2D eigenvalue weighted by Crippen LogP contribution is -2.27. The fourth-order valence-electron chi connectivity index (χ4n) is 2.53. The first kappa shape index (κ1) is 16.4. The monoisotopic (exact) mass is 346 g/mol. The van der Waals surface area contributed by atoms with Crippen molar-refractivity contribution in [2.45, 2.75) is 31.6 Å². The Hall–Kier alpha value is -2.41. The summed E-state index contributed by atoms with van der Waals surface area (Å²) < 4.78 is 10.9. The average Bonchev–Trinajstić information content (AvgIpc) is 2.92. The normalized spacial score (nSPS) is 15.4. The number of ether oxygens (including phenoxy) is 2. The molecular formula is C17H18N2O4S. The molecule has 1 aromatic carbocycles. The molecule has 2 heterocycles. The lowest BCUT2D eigenvalue weighted by Gasteiger charge is -2.09. The molecule has 0 fully saturated rings. The van der Waals surface area contributed by atoms with Crippen molar-refractivity contribution >= 4 is 17.7 Å². The molecule has 0 bridgehead atoms. The smallest absolute Gasteiger partial charge is 0.254 e. The summed E-state index contributed by atoms with van der Waals surface area (Å²) in [6.07, 6.45) is 1.55. The van der Waals surface area contributed by atoms with Crippen LogP contribution >= 0.6 is 11.8 Å². The van der Waals surface area contributed by atoms with Crippen LogP contribution in [0.3, 0.4) is 0 Å². The zero-order chi connectivity index (χ0) is 17.3. The number of fused-ring (bicyclic) bond motifs is 1. The Kier molecular flexibility index (Phi) is 4.53. The van der Waals surface area contributed by atoms with Crippen molar-refractivity contribution in [2.75, 3.05) is 6.26 Å². The second kappa shape index (κ2) is 6.60. The van der Waals surface area contributed by atoms with Crippen molar-refractivity contribution in [3.63, 3.8) is 0 Å². The van der Waals surface area contributed by atoms with Gasteiger partial charge < -0.3 is 19.8 Å². The van der Waals surface area contributed by atoms with Crippen LogP contribution in [0.5, 0.6) is 11.5 Å². The summed E-state index contributed by atoms with van der Waals surface area (Å²) in [6, 6.07) is 6.92. The SMILES string of the molecule is CSc1cc(C)[nH]c(=O)c1CNC(=O)c1ccc2c(c1)OC(C)O2. The van der Waals surface area contributed by atoms with E-state index in [-0.39, 0.29) is 24.3 Å². The number of carbonyl (C=O) groups excluding carboxylic acids is 1. The fourth-order valence-corrected chi connectivity index (χ4v) is 3.23. The number of benzene rings is 1. The van der Waals surface area contributed by atoms with Crippen LogP contribution in [0.4, 0.5) is 0 Å². The summed E-state index contributed by atoms with van der Waals surface area (Å²) >= 11 is 1.48. The molecule has 0 saturated carbocycles. The number of nitrogens with one attached hydrogen (secondary N) is 2. The Bertz CT molecular complexity index is 847. The van der Waals surface area contributed by atoms with E-state index in [0.717, 1.165) is 10.6 Å². The van der Waals surface area contributed by atoms with Crippen LogP contribution in [0.2, 0.25) is 0 Å². The van der Waals surface area contributed by atoms with E-state index >= 15 is 0 Å². The van der Waals surface area contributed by atoms with E-state index in [9.17, 15) is 9.59 Å². The largest absolute Gasteiger partial charge is 0.451 e. The van der Waals surface area contributed by atoms with E-state index < -0.39 is 0 Å². The number of rotatable bonds is 4. The van der Waals surface area contributed by atoms with E-state index in [2.05, 4.69) is 10.3 Å². The molecule has 0 saturated heterocycles. The highest BCUT2D eigenvalue weighted by Gasteiger charge is 2.21. The van der Waals surface area contributed by atoms with E-state index in [1.165, 1.54) is 11.8 Å². The van der Waals surface area contributed by atoms with Gasteiger partial charge in [-0.1, -0.05) is 0 Å². The Balaban J connectivity index is 1.75. The predicted octanol–water partition coefficient (Wildman–Crippen LogP) is 2.45. The molecule has 1 aliphatic rings. The van der Waals surface area contributed by atoms with E-state index in [4.69, 9.17) is 9.47 Å². The third-order valence-corrected chi connectivity index (χ3v) is 4.47. The van der Waals surface area contributed by atoms with Crippen molar-refractivity contribution < 1.29 is 14.3 Å². The lowest BCUT2D eigenvalue weighted by atomic mass is 10.2. The van der Waals surface area contributed by atoms with Gasteiger partial charge in [-0.3, -0.25) is 9.59 Å². The van der Waals surface area contributed by atoms with Crippen LogP contribution in [0.15, 0.2) is 34.0 Å². The molecule has 3 rings (SSSR count). The van der Waals surface area contributed by atoms with Crippen molar-refractivity contribution in [1.82, 2.24) is 10.3 Å². The number of aromatic nitrogens is 1. The molecule has 2 aromatic rings. The maximum absolute atomic E-state index is 12.4. The Morgan fingerprint density at radius 1 is 1.29 bits per heavy atom. The van der Waals surface area contributed by atoms with Crippen LogP contribution in [-0.4, -0.2) is 23.4 Å². The molecule has 126 valence electrons.